The maximum atomic E-state index is 12.2. The Labute approximate surface area is 147 Å². The van der Waals surface area contributed by atoms with Crippen molar-refractivity contribution < 1.29 is 14.3 Å². The number of nitrogens with zero attached hydrogens (tertiary/aromatic N) is 1. The highest BCUT2D eigenvalue weighted by Gasteiger charge is 2.17. The second-order valence-corrected chi connectivity index (χ2v) is 7.07. The topological polar surface area (TPSA) is 60.5 Å². The number of carbonyl (C=O) groups excluding carboxylic acids is 1. The van der Waals surface area contributed by atoms with Crippen LogP contribution in [0.25, 0.3) is 11.3 Å². The third-order valence-electron chi connectivity index (χ3n) is 3.43. The van der Waals surface area contributed by atoms with Gasteiger partial charge in [0, 0.05) is 16.5 Å². The molecule has 5 nitrogen and oxygen atoms in total. The Kier molecular flexibility index (Phi) is 4.82. The van der Waals surface area contributed by atoms with E-state index in [0.29, 0.717) is 15.8 Å². The summed E-state index contributed by atoms with van der Waals surface area (Å²) in [5.74, 6) is 1.25. The van der Waals surface area contributed by atoms with Crippen molar-refractivity contribution in [3.63, 3.8) is 0 Å². The van der Waals surface area contributed by atoms with Gasteiger partial charge in [-0.05, 0) is 30.5 Å². The molecule has 1 amide bonds. The van der Waals surface area contributed by atoms with E-state index in [1.807, 2.05) is 36.6 Å². The molecule has 3 rings (SSSR count). The minimum Gasteiger partial charge on any atom is -0.497 e. The van der Waals surface area contributed by atoms with E-state index in [4.69, 9.17) is 9.47 Å². The minimum atomic E-state index is -0.146. The molecule has 0 unspecified atom stereocenters. The monoisotopic (exact) mass is 360 g/mol. The Hall–Kier alpha value is -2.38. The number of aryl methyl sites for hydroxylation is 1. The van der Waals surface area contributed by atoms with E-state index in [-0.39, 0.29) is 5.91 Å². The zero-order chi connectivity index (χ0) is 17.1. The first kappa shape index (κ1) is 16.5. The fraction of sp³-hybridized carbons (Fsp3) is 0.176. The van der Waals surface area contributed by atoms with Crippen molar-refractivity contribution >= 4 is 33.7 Å². The van der Waals surface area contributed by atoms with Crippen LogP contribution in [0.5, 0.6) is 11.5 Å². The number of thiazole rings is 1. The molecule has 1 N–H and O–H groups in total. The summed E-state index contributed by atoms with van der Waals surface area (Å²) in [7, 11) is 3.22. The van der Waals surface area contributed by atoms with Gasteiger partial charge in [0.1, 0.15) is 11.5 Å². The summed E-state index contributed by atoms with van der Waals surface area (Å²) in [4.78, 5) is 18.4. The number of hydrogen-bond acceptors (Lipinski definition) is 6. The molecule has 2 heterocycles. The highest BCUT2D eigenvalue weighted by molar-refractivity contribution is 7.16. The van der Waals surface area contributed by atoms with Crippen molar-refractivity contribution in [1.82, 2.24) is 4.98 Å². The van der Waals surface area contributed by atoms with Crippen molar-refractivity contribution in [2.24, 2.45) is 0 Å². The maximum Gasteiger partial charge on any atom is 0.267 e. The first-order chi connectivity index (χ1) is 11.6. The Bertz CT molecular complexity index is 857. The van der Waals surface area contributed by atoms with Gasteiger partial charge in [0.25, 0.3) is 5.91 Å². The molecule has 0 aliphatic carbocycles. The van der Waals surface area contributed by atoms with Gasteiger partial charge in [-0.25, -0.2) is 4.98 Å². The molecule has 0 aliphatic rings. The summed E-state index contributed by atoms with van der Waals surface area (Å²) in [6, 6.07) is 9.22. The number of carbonyl (C=O) groups is 1. The van der Waals surface area contributed by atoms with Crippen LogP contribution in [0, 0.1) is 6.92 Å². The largest absolute Gasteiger partial charge is 0.497 e. The van der Waals surface area contributed by atoms with Crippen LogP contribution in [0.2, 0.25) is 0 Å². The minimum absolute atomic E-state index is 0.146. The van der Waals surface area contributed by atoms with Gasteiger partial charge >= 0.3 is 0 Å². The molecule has 0 radical (unpaired) electrons. The average molecular weight is 360 g/mol. The molecule has 124 valence electrons. The molecular weight excluding hydrogens is 344 g/mol. The Balaban J connectivity index is 1.90. The fourth-order valence-electron chi connectivity index (χ4n) is 2.26. The second-order valence-electron chi connectivity index (χ2n) is 4.92. The van der Waals surface area contributed by atoms with Crippen LogP contribution >= 0.6 is 22.7 Å². The SMILES string of the molecule is COc1ccc(-c2nc(NC(=O)c3cccs3)sc2C)c(OC)c1. The Morgan fingerprint density at radius 2 is 2.04 bits per heavy atom. The zero-order valence-electron chi connectivity index (χ0n) is 13.5. The third-order valence-corrected chi connectivity index (χ3v) is 5.18. The summed E-state index contributed by atoms with van der Waals surface area (Å²) >= 11 is 2.84. The maximum absolute atomic E-state index is 12.2. The van der Waals surface area contributed by atoms with Gasteiger partial charge in [-0.1, -0.05) is 6.07 Å². The van der Waals surface area contributed by atoms with Crippen LogP contribution in [0.15, 0.2) is 35.7 Å². The number of methoxy groups -OCH3 is 2. The summed E-state index contributed by atoms with van der Waals surface area (Å²) in [5, 5.41) is 5.29. The van der Waals surface area contributed by atoms with Crippen LogP contribution < -0.4 is 14.8 Å². The van der Waals surface area contributed by atoms with E-state index in [0.717, 1.165) is 21.9 Å². The number of anilines is 1. The van der Waals surface area contributed by atoms with E-state index in [1.54, 1.807) is 20.3 Å². The van der Waals surface area contributed by atoms with Crippen LogP contribution in [-0.4, -0.2) is 25.1 Å². The number of ether oxygens (including phenoxy) is 2. The molecule has 24 heavy (non-hydrogen) atoms. The smallest absolute Gasteiger partial charge is 0.267 e. The van der Waals surface area contributed by atoms with Gasteiger partial charge in [0.2, 0.25) is 0 Å². The van der Waals surface area contributed by atoms with Gasteiger partial charge < -0.3 is 9.47 Å². The Morgan fingerprint density at radius 1 is 1.21 bits per heavy atom. The Morgan fingerprint density at radius 3 is 2.71 bits per heavy atom. The molecule has 0 aliphatic heterocycles. The van der Waals surface area contributed by atoms with Crippen LogP contribution in [0.4, 0.5) is 5.13 Å². The van der Waals surface area contributed by atoms with Gasteiger partial charge in [0.05, 0.1) is 24.8 Å². The van der Waals surface area contributed by atoms with E-state index in [2.05, 4.69) is 10.3 Å². The third kappa shape index (κ3) is 3.27. The summed E-state index contributed by atoms with van der Waals surface area (Å²) in [6.45, 7) is 1.97. The molecule has 0 spiro atoms. The number of benzene rings is 1. The van der Waals surface area contributed by atoms with Crippen molar-refractivity contribution in [3.05, 3.63) is 45.5 Å². The molecule has 3 aromatic rings. The molecule has 0 fully saturated rings. The van der Waals surface area contributed by atoms with E-state index < -0.39 is 0 Å². The predicted octanol–water partition coefficient (Wildman–Crippen LogP) is 4.45. The van der Waals surface area contributed by atoms with Crippen molar-refractivity contribution in [2.75, 3.05) is 19.5 Å². The zero-order valence-corrected chi connectivity index (χ0v) is 15.1. The van der Waals surface area contributed by atoms with E-state index in [1.165, 1.54) is 22.7 Å². The van der Waals surface area contributed by atoms with Crippen LogP contribution in [-0.2, 0) is 0 Å². The lowest BCUT2D eigenvalue weighted by Gasteiger charge is -2.09. The highest BCUT2D eigenvalue weighted by atomic mass is 32.1. The lowest BCUT2D eigenvalue weighted by atomic mass is 10.1. The van der Waals surface area contributed by atoms with Gasteiger partial charge in [-0.2, -0.15) is 0 Å². The number of nitrogens with one attached hydrogen (secondary N) is 1. The molecule has 0 bridgehead atoms. The summed E-state index contributed by atoms with van der Waals surface area (Å²) < 4.78 is 10.7. The first-order valence-corrected chi connectivity index (χ1v) is 8.86. The van der Waals surface area contributed by atoms with Crippen molar-refractivity contribution in [2.45, 2.75) is 6.92 Å². The quantitative estimate of drug-likeness (QED) is 0.730. The first-order valence-electron chi connectivity index (χ1n) is 7.17. The number of rotatable bonds is 5. The molecule has 0 atom stereocenters. The molecule has 2 aromatic heterocycles. The molecular formula is C17H16N2O3S2. The molecule has 1 aromatic carbocycles. The standard InChI is InChI=1S/C17H16N2O3S2/c1-10-15(12-7-6-11(21-2)9-13(12)22-3)18-17(24-10)19-16(20)14-5-4-8-23-14/h4-9H,1-3H3,(H,18,19,20). The summed E-state index contributed by atoms with van der Waals surface area (Å²) in [5.41, 5.74) is 1.66. The van der Waals surface area contributed by atoms with Gasteiger partial charge in [0.15, 0.2) is 5.13 Å². The number of thiophene rings is 1. The normalized spacial score (nSPS) is 10.5. The molecule has 0 saturated carbocycles. The number of aromatic nitrogens is 1. The average Bonchev–Trinajstić information content (AvgIpc) is 3.24. The highest BCUT2D eigenvalue weighted by Crippen LogP contribution is 2.37. The predicted molar refractivity (Wildman–Crippen MR) is 97.7 cm³/mol. The number of amides is 1. The van der Waals surface area contributed by atoms with Crippen molar-refractivity contribution in [1.29, 1.82) is 0 Å². The van der Waals surface area contributed by atoms with E-state index in [9.17, 15) is 4.79 Å². The van der Waals surface area contributed by atoms with Crippen molar-refractivity contribution in [3.8, 4) is 22.8 Å². The fourth-order valence-corrected chi connectivity index (χ4v) is 3.70. The molecule has 7 heteroatoms. The summed E-state index contributed by atoms with van der Waals surface area (Å²) in [6.07, 6.45) is 0. The number of hydrogen-bond donors (Lipinski definition) is 1. The van der Waals surface area contributed by atoms with Crippen LogP contribution in [0.3, 0.4) is 0 Å². The second kappa shape index (κ2) is 7.02. The lowest BCUT2D eigenvalue weighted by molar-refractivity contribution is 0.103. The van der Waals surface area contributed by atoms with Crippen LogP contribution in [0.1, 0.15) is 14.5 Å². The van der Waals surface area contributed by atoms with E-state index >= 15 is 0 Å². The van der Waals surface area contributed by atoms with Gasteiger partial charge in [-0.15, -0.1) is 22.7 Å². The van der Waals surface area contributed by atoms with Gasteiger partial charge in [-0.3, -0.25) is 10.1 Å². The molecule has 0 saturated heterocycles. The lowest BCUT2D eigenvalue weighted by Crippen LogP contribution is -2.09.